The van der Waals surface area contributed by atoms with Crippen molar-refractivity contribution in [2.45, 2.75) is 12.8 Å². The number of amides is 1. The number of nitrogen functional groups attached to an aromatic ring is 1. The lowest BCUT2D eigenvalue weighted by molar-refractivity contribution is -0.116. The van der Waals surface area contributed by atoms with Gasteiger partial charge in [-0.05, 0) is 36.8 Å². The Morgan fingerprint density at radius 2 is 2.00 bits per heavy atom. The number of hydrogen-bond acceptors (Lipinski definition) is 3. The van der Waals surface area contributed by atoms with Crippen molar-refractivity contribution in [3.8, 4) is 5.75 Å². The van der Waals surface area contributed by atoms with E-state index in [0.29, 0.717) is 41.6 Å². The SMILES string of the molecule is Nc1ccccc1NC(=O)CCCOc1cccc(Cl)c1. The molecule has 2 rings (SSSR count). The number of nitrogens with one attached hydrogen (secondary N) is 1. The number of halogens is 1. The molecule has 1 amide bonds. The maximum Gasteiger partial charge on any atom is 0.224 e. The maximum absolute atomic E-state index is 11.8. The lowest BCUT2D eigenvalue weighted by Crippen LogP contribution is -2.13. The van der Waals surface area contributed by atoms with E-state index < -0.39 is 0 Å². The zero-order chi connectivity index (χ0) is 15.1. The number of hydrogen-bond donors (Lipinski definition) is 2. The van der Waals surface area contributed by atoms with Crippen LogP contribution in [-0.4, -0.2) is 12.5 Å². The van der Waals surface area contributed by atoms with Crippen LogP contribution in [0.15, 0.2) is 48.5 Å². The van der Waals surface area contributed by atoms with Gasteiger partial charge in [0.15, 0.2) is 0 Å². The van der Waals surface area contributed by atoms with Crippen molar-refractivity contribution in [3.63, 3.8) is 0 Å². The summed E-state index contributed by atoms with van der Waals surface area (Å²) in [6.07, 6.45) is 0.986. The van der Waals surface area contributed by atoms with E-state index in [9.17, 15) is 4.79 Å². The second-order valence-corrected chi connectivity index (χ2v) is 4.98. The van der Waals surface area contributed by atoms with Crippen molar-refractivity contribution in [2.24, 2.45) is 0 Å². The number of rotatable bonds is 6. The van der Waals surface area contributed by atoms with Crippen LogP contribution in [0.1, 0.15) is 12.8 Å². The number of nitrogens with two attached hydrogens (primary N) is 1. The molecule has 0 heterocycles. The molecule has 0 aromatic heterocycles. The molecule has 21 heavy (non-hydrogen) atoms. The molecular weight excluding hydrogens is 288 g/mol. The van der Waals surface area contributed by atoms with E-state index in [1.807, 2.05) is 24.3 Å². The first-order valence-corrected chi connectivity index (χ1v) is 7.05. The molecule has 4 nitrogen and oxygen atoms in total. The fourth-order valence-corrected chi connectivity index (χ4v) is 1.98. The summed E-state index contributed by atoms with van der Waals surface area (Å²) in [4.78, 5) is 11.8. The van der Waals surface area contributed by atoms with E-state index in [-0.39, 0.29) is 5.91 Å². The van der Waals surface area contributed by atoms with Gasteiger partial charge in [0.25, 0.3) is 0 Å². The molecule has 0 fully saturated rings. The van der Waals surface area contributed by atoms with E-state index >= 15 is 0 Å². The Morgan fingerprint density at radius 3 is 2.76 bits per heavy atom. The van der Waals surface area contributed by atoms with Gasteiger partial charge >= 0.3 is 0 Å². The third-order valence-electron chi connectivity index (χ3n) is 2.85. The van der Waals surface area contributed by atoms with Gasteiger partial charge in [0, 0.05) is 11.4 Å². The highest BCUT2D eigenvalue weighted by molar-refractivity contribution is 6.30. The summed E-state index contributed by atoms with van der Waals surface area (Å²) >= 11 is 5.86. The molecule has 5 heteroatoms. The number of carbonyl (C=O) groups is 1. The topological polar surface area (TPSA) is 64.3 Å². The normalized spacial score (nSPS) is 10.1. The summed E-state index contributed by atoms with van der Waals surface area (Å²) in [5.41, 5.74) is 6.96. The number of para-hydroxylation sites is 2. The maximum atomic E-state index is 11.8. The Labute approximate surface area is 128 Å². The monoisotopic (exact) mass is 304 g/mol. The summed E-state index contributed by atoms with van der Waals surface area (Å²) in [5.74, 6) is 0.623. The molecule has 0 spiro atoms. The third-order valence-corrected chi connectivity index (χ3v) is 3.08. The van der Waals surface area contributed by atoms with Gasteiger partial charge < -0.3 is 15.8 Å². The number of anilines is 2. The minimum atomic E-state index is -0.0809. The van der Waals surface area contributed by atoms with E-state index in [4.69, 9.17) is 22.1 Å². The molecule has 2 aromatic carbocycles. The van der Waals surface area contributed by atoms with E-state index in [1.165, 1.54) is 0 Å². The fourth-order valence-electron chi connectivity index (χ4n) is 1.80. The Kier molecular flexibility index (Phi) is 5.46. The average Bonchev–Trinajstić information content (AvgIpc) is 2.46. The van der Waals surface area contributed by atoms with Crippen molar-refractivity contribution in [1.29, 1.82) is 0 Å². The van der Waals surface area contributed by atoms with Gasteiger partial charge in [-0.2, -0.15) is 0 Å². The minimum absolute atomic E-state index is 0.0809. The Morgan fingerprint density at radius 1 is 1.19 bits per heavy atom. The van der Waals surface area contributed by atoms with Crippen molar-refractivity contribution in [2.75, 3.05) is 17.7 Å². The predicted octanol–water partition coefficient (Wildman–Crippen LogP) is 3.72. The van der Waals surface area contributed by atoms with Crippen molar-refractivity contribution in [3.05, 3.63) is 53.6 Å². The Balaban J connectivity index is 1.71. The highest BCUT2D eigenvalue weighted by Crippen LogP contribution is 2.18. The van der Waals surface area contributed by atoms with Crippen molar-refractivity contribution < 1.29 is 9.53 Å². The molecular formula is C16H17ClN2O2. The van der Waals surface area contributed by atoms with Crippen LogP contribution in [0.2, 0.25) is 5.02 Å². The van der Waals surface area contributed by atoms with Crippen LogP contribution in [0.3, 0.4) is 0 Å². The van der Waals surface area contributed by atoms with Gasteiger partial charge in [0.1, 0.15) is 5.75 Å². The fraction of sp³-hybridized carbons (Fsp3) is 0.188. The summed E-state index contributed by atoms with van der Waals surface area (Å²) in [7, 11) is 0. The van der Waals surface area contributed by atoms with Crippen LogP contribution in [0.5, 0.6) is 5.75 Å². The molecule has 3 N–H and O–H groups in total. The quantitative estimate of drug-likeness (QED) is 0.631. The predicted molar refractivity (Wildman–Crippen MR) is 85.7 cm³/mol. The van der Waals surface area contributed by atoms with Crippen molar-refractivity contribution >= 4 is 28.9 Å². The molecule has 2 aromatic rings. The van der Waals surface area contributed by atoms with Crippen LogP contribution in [0.4, 0.5) is 11.4 Å². The van der Waals surface area contributed by atoms with E-state index in [0.717, 1.165) is 0 Å². The number of ether oxygens (including phenoxy) is 1. The number of benzene rings is 2. The largest absolute Gasteiger partial charge is 0.494 e. The van der Waals surface area contributed by atoms with Gasteiger partial charge in [-0.15, -0.1) is 0 Å². The molecule has 0 saturated carbocycles. The van der Waals surface area contributed by atoms with Crippen molar-refractivity contribution in [1.82, 2.24) is 0 Å². The lowest BCUT2D eigenvalue weighted by Gasteiger charge is -2.08. The third kappa shape index (κ3) is 5.00. The Bertz CT molecular complexity index is 617. The lowest BCUT2D eigenvalue weighted by atomic mass is 10.2. The standard InChI is InChI=1S/C16H17ClN2O2/c17-12-5-3-6-13(11-12)21-10-4-9-16(20)19-15-8-2-1-7-14(15)18/h1-3,5-8,11H,4,9-10,18H2,(H,19,20). The minimum Gasteiger partial charge on any atom is -0.494 e. The molecule has 0 atom stereocenters. The van der Waals surface area contributed by atoms with Gasteiger partial charge in [0.2, 0.25) is 5.91 Å². The first kappa shape index (κ1) is 15.2. The van der Waals surface area contributed by atoms with E-state index in [1.54, 1.807) is 24.3 Å². The van der Waals surface area contributed by atoms with Gasteiger partial charge in [-0.1, -0.05) is 29.8 Å². The van der Waals surface area contributed by atoms with Crippen LogP contribution >= 0.6 is 11.6 Å². The summed E-state index contributed by atoms with van der Waals surface area (Å²) in [5, 5.41) is 3.41. The summed E-state index contributed by atoms with van der Waals surface area (Å²) in [6.45, 7) is 0.456. The summed E-state index contributed by atoms with van der Waals surface area (Å²) < 4.78 is 5.52. The second-order valence-electron chi connectivity index (χ2n) is 4.54. The van der Waals surface area contributed by atoms with E-state index in [2.05, 4.69) is 5.32 Å². The molecule has 0 saturated heterocycles. The molecule has 0 unspecified atom stereocenters. The van der Waals surface area contributed by atoms with Crippen LogP contribution in [0, 0.1) is 0 Å². The Hall–Kier alpha value is -2.20. The van der Waals surface area contributed by atoms with Crippen LogP contribution in [0.25, 0.3) is 0 Å². The van der Waals surface area contributed by atoms with Crippen LogP contribution < -0.4 is 15.8 Å². The van der Waals surface area contributed by atoms with Gasteiger partial charge in [-0.3, -0.25) is 4.79 Å². The molecule has 0 aliphatic heterocycles. The number of carbonyl (C=O) groups excluding carboxylic acids is 1. The second kappa shape index (κ2) is 7.55. The zero-order valence-electron chi connectivity index (χ0n) is 11.5. The molecule has 0 bridgehead atoms. The highest BCUT2D eigenvalue weighted by atomic mass is 35.5. The summed E-state index contributed by atoms with van der Waals surface area (Å²) in [6, 6.07) is 14.4. The smallest absolute Gasteiger partial charge is 0.224 e. The molecule has 110 valence electrons. The van der Waals surface area contributed by atoms with Gasteiger partial charge in [0.05, 0.1) is 18.0 Å². The first-order valence-electron chi connectivity index (χ1n) is 6.68. The molecule has 0 radical (unpaired) electrons. The first-order chi connectivity index (χ1) is 10.1. The average molecular weight is 305 g/mol. The van der Waals surface area contributed by atoms with Crippen LogP contribution in [-0.2, 0) is 4.79 Å². The molecule has 0 aliphatic carbocycles. The highest BCUT2D eigenvalue weighted by Gasteiger charge is 2.04. The molecule has 0 aliphatic rings. The zero-order valence-corrected chi connectivity index (χ0v) is 12.3. The van der Waals surface area contributed by atoms with Gasteiger partial charge in [-0.25, -0.2) is 0 Å².